The molecule has 1 aromatic carbocycles. The molecule has 0 fully saturated rings. The third-order valence-corrected chi connectivity index (χ3v) is 4.56. The summed E-state index contributed by atoms with van der Waals surface area (Å²) in [5, 5.41) is 10.6. The minimum atomic E-state index is -0.122. The molecule has 0 amide bonds. The second-order valence-electron chi connectivity index (χ2n) is 7.23. The maximum atomic E-state index is 12.3. The molecule has 126 valence electrons. The molecule has 1 unspecified atom stereocenters. The van der Waals surface area contributed by atoms with Gasteiger partial charge < -0.3 is 9.84 Å². The van der Waals surface area contributed by atoms with Crippen molar-refractivity contribution < 1.29 is 19.4 Å². The van der Waals surface area contributed by atoms with Crippen molar-refractivity contribution in [1.82, 2.24) is 0 Å². The first kappa shape index (κ1) is 17.7. The number of hydrogen-bond acceptors (Lipinski definition) is 4. The molecule has 0 bridgehead atoms. The van der Waals surface area contributed by atoms with Gasteiger partial charge in [0.05, 0.1) is 11.7 Å². The Kier molecular flexibility index (Phi) is 4.95. The number of carbonyl (C=O) groups excluding carboxylic acids is 2. The number of hydrogen-bond donors (Lipinski definition) is 1. The van der Waals surface area contributed by atoms with Crippen molar-refractivity contribution in [2.45, 2.75) is 60.0 Å². The molecule has 2 rings (SSSR count). The molecule has 1 aliphatic carbocycles. The molecular formula is C19H26O4. The summed E-state index contributed by atoms with van der Waals surface area (Å²) in [7, 11) is 0. The number of fused-ring (bicyclic) bond motifs is 1. The Morgan fingerprint density at radius 2 is 1.96 bits per heavy atom. The Hall–Kier alpha value is -1.68. The van der Waals surface area contributed by atoms with Gasteiger partial charge in [-0.3, -0.25) is 9.59 Å². The molecule has 4 nitrogen and oxygen atoms in total. The number of rotatable bonds is 6. The number of aromatic hydroxyl groups is 1. The van der Waals surface area contributed by atoms with Gasteiger partial charge in [-0.25, -0.2) is 0 Å². The lowest BCUT2D eigenvalue weighted by Crippen LogP contribution is -2.17. The zero-order valence-corrected chi connectivity index (χ0v) is 14.7. The summed E-state index contributed by atoms with van der Waals surface area (Å²) < 4.78 is 5.57. The van der Waals surface area contributed by atoms with Crippen molar-refractivity contribution >= 4 is 12.1 Å². The van der Waals surface area contributed by atoms with Gasteiger partial charge in [0.2, 0.25) is 0 Å². The van der Waals surface area contributed by atoms with E-state index in [-0.39, 0.29) is 28.6 Å². The number of ether oxygens (including phenoxy) is 1. The van der Waals surface area contributed by atoms with E-state index in [0.717, 1.165) is 17.5 Å². The fourth-order valence-corrected chi connectivity index (χ4v) is 3.72. The number of carbonyl (C=O) groups is 2. The van der Waals surface area contributed by atoms with E-state index in [9.17, 15) is 14.7 Å². The van der Waals surface area contributed by atoms with Crippen molar-refractivity contribution in [3.63, 3.8) is 0 Å². The third kappa shape index (κ3) is 3.32. The zero-order valence-electron chi connectivity index (χ0n) is 14.7. The van der Waals surface area contributed by atoms with Crippen LogP contribution in [0.1, 0.15) is 72.0 Å². The normalized spacial score (nSPS) is 16.9. The van der Waals surface area contributed by atoms with Gasteiger partial charge in [0.15, 0.2) is 12.1 Å². The second-order valence-corrected chi connectivity index (χ2v) is 7.23. The van der Waals surface area contributed by atoms with E-state index in [2.05, 4.69) is 13.8 Å². The van der Waals surface area contributed by atoms with E-state index < -0.39 is 0 Å². The summed E-state index contributed by atoms with van der Waals surface area (Å²) in [6, 6.07) is 0. The molecule has 0 heterocycles. The van der Waals surface area contributed by atoms with Gasteiger partial charge >= 0.3 is 0 Å². The minimum absolute atomic E-state index is 0.0195. The molecule has 0 spiro atoms. The number of benzene rings is 1. The number of Topliss-reactive ketones (excluding diaryl/α,β-unsaturated/α-hetero) is 1. The van der Waals surface area contributed by atoms with E-state index in [1.807, 2.05) is 13.8 Å². The number of phenols is 1. The number of phenolic OH excluding ortho intramolecular Hbond substituents is 1. The van der Waals surface area contributed by atoms with E-state index in [1.165, 1.54) is 6.92 Å². The highest BCUT2D eigenvalue weighted by Gasteiger charge is 2.36. The Bertz CT molecular complexity index is 644. The second kappa shape index (κ2) is 6.44. The van der Waals surface area contributed by atoms with Crippen LogP contribution in [0.25, 0.3) is 0 Å². The Labute approximate surface area is 137 Å². The molecule has 1 aromatic rings. The summed E-state index contributed by atoms with van der Waals surface area (Å²) in [5.41, 5.74) is 3.13. The molecule has 1 atom stereocenters. The highest BCUT2D eigenvalue weighted by molar-refractivity contribution is 6.01. The van der Waals surface area contributed by atoms with Crippen molar-refractivity contribution in [2.24, 2.45) is 5.41 Å². The van der Waals surface area contributed by atoms with Crippen molar-refractivity contribution in [2.75, 3.05) is 6.61 Å². The standard InChI is InChI=1S/C19H26O4/c1-6-23-11(2)7-13-16(10-20)18(22)15-9-19(4,5)8-14(15)17(13)12(3)21/h10-11,22H,6-9H2,1-5H3. The molecule has 1 N–H and O–H groups in total. The highest BCUT2D eigenvalue weighted by atomic mass is 16.5. The van der Waals surface area contributed by atoms with Crippen LogP contribution in [0.4, 0.5) is 0 Å². The fourth-order valence-electron chi connectivity index (χ4n) is 3.72. The quantitative estimate of drug-likeness (QED) is 0.644. The number of ketones is 1. The summed E-state index contributed by atoms with van der Waals surface area (Å²) in [6.07, 6.45) is 2.40. The average molecular weight is 318 g/mol. The minimum Gasteiger partial charge on any atom is -0.507 e. The molecular weight excluding hydrogens is 292 g/mol. The van der Waals surface area contributed by atoms with E-state index in [0.29, 0.717) is 36.9 Å². The Balaban J connectivity index is 2.68. The van der Waals surface area contributed by atoms with E-state index in [1.54, 1.807) is 0 Å². The molecule has 0 saturated heterocycles. The predicted molar refractivity (Wildman–Crippen MR) is 89.5 cm³/mol. The van der Waals surface area contributed by atoms with Crippen LogP contribution in [0.2, 0.25) is 0 Å². The van der Waals surface area contributed by atoms with E-state index in [4.69, 9.17) is 4.74 Å². The molecule has 0 radical (unpaired) electrons. The van der Waals surface area contributed by atoms with Crippen molar-refractivity contribution in [1.29, 1.82) is 0 Å². The van der Waals surface area contributed by atoms with Gasteiger partial charge in [0, 0.05) is 12.2 Å². The monoisotopic (exact) mass is 318 g/mol. The molecule has 4 heteroatoms. The topological polar surface area (TPSA) is 63.6 Å². The van der Waals surface area contributed by atoms with Crippen molar-refractivity contribution in [3.8, 4) is 5.75 Å². The van der Waals surface area contributed by atoms with Crippen LogP contribution in [0.3, 0.4) is 0 Å². The third-order valence-electron chi connectivity index (χ3n) is 4.56. The molecule has 0 aliphatic heterocycles. The maximum Gasteiger partial charge on any atom is 0.160 e. The molecule has 23 heavy (non-hydrogen) atoms. The van der Waals surface area contributed by atoms with Gasteiger partial charge in [0.1, 0.15) is 5.75 Å². The lowest BCUT2D eigenvalue weighted by Gasteiger charge is -2.20. The largest absolute Gasteiger partial charge is 0.507 e. The lowest BCUT2D eigenvalue weighted by molar-refractivity contribution is 0.0763. The van der Waals surface area contributed by atoms with Gasteiger partial charge in [0.25, 0.3) is 0 Å². The van der Waals surface area contributed by atoms with E-state index >= 15 is 0 Å². The Morgan fingerprint density at radius 1 is 1.35 bits per heavy atom. The number of aldehydes is 1. The van der Waals surface area contributed by atoms with Gasteiger partial charge in [-0.15, -0.1) is 0 Å². The van der Waals surface area contributed by atoms with Crippen LogP contribution in [0, 0.1) is 5.41 Å². The van der Waals surface area contributed by atoms with Gasteiger partial charge in [-0.05, 0) is 62.1 Å². The summed E-state index contributed by atoms with van der Waals surface area (Å²) in [4.78, 5) is 23.9. The average Bonchev–Trinajstić information content (AvgIpc) is 2.74. The summed E-state index contributed by atoms with van der Waals surface area (Å²) >= 11 is 0. The molecule has 1 aliphatic rings. The van der Waals surface area contributed by atoms with Gasteiger partial charge in [-0.1, -0.05) is 13.8 Å². The van der Waals surface area contributed by atoms with Crippen LogP contribution >= 0.6 is 0 Å². The molecule has 0 aromatic heterocycles. The van der Waals surface area contributed by atoms with Crippen LogP contribution in [-0.2, 0) is 24.0 Å². The first-order chi connectivity index (χ1) is 10.7. The lowest BCUT2D eigenvalue weighted by atomic mass is 9.87. The SMILES string of the molecule is CCOC(C)Cc1c(C=O)c(O)c2c(c1C(C)=O)CC(C)(C)C2. The predicted octanol–water partition coefficient (Wildman–Crippen LogP) is 3.50. The Morgan fingerprint density at radius 3 is 2.48 bits per heavy atom. The van der Waals surface area contributed by atoms with Crippen LogP contribution in [0.15, 0.2) is 0 Å². The van der Waals surface area contributed by atoms with Crippen LogP contribution in [-0.4, -0.2) is 29.9 Å². The summed E-state index contributed by atoms with van der Waals surface area (Å²) in [6.45, 7) is 10.1. The van der Waals surface area contributed by atoms with Crippen LogP contribution in [0.5, 0.6) is 5.75 Å². The highest BCUT2D eigenvalue weighted by Crippen LogP contribution is 2.45. The molecule has 0 saturated carbocycles. The maximum absolute atomic E-state index is 12.3. The van der Waals surface area contributed by atoms with Crippen molar-refractivity contribution in [3.05, 3.63) is 27.8 Å². The smallest absolute Gasteiger partial charge is 0.160 e. The first-order valence-corrected chi connectivity index (χ1v) is 8.19. The van der Waals surface area contributed by atoms with Gasteiger partial charge in [-0.2, -0.15) is 0 Å². The summed E-state index contributed by atoms with van der Waals surface area (Å²) in [5.74, 6) is -0.00924. The first-order valence-electron chi connectivity index (χ1n) is 8.19. The van der Waals surface area contributed by atoms with Crippen LogP contribution < -0.4 is 0 Å². The zero-order chi connectivity index (χ0) is 17.4. The fraction of sp³-hybridized carbons (Fsp3) is 0.579.